The Bertz CT molecular complexity index is 957. The lowest BCUT2D eigenvalue weighted by Crippen LogP contribution is -2.29. The fourth-order valence-electron chi connectivity index (χ4n) is 3.20. The number of hydrogen-bond donors (Lipinski definition) is 3. The molecule has 0 unspecified atom stereocenters. The van der Waals surface area contributed by atoms with E-state index >= 15 is 0 Å². The highest BCUT2D eigenvalue weighted by atomic mass is 32.1. The van der Waals surface area contributed by atoms with Crippen molar-refractivity contribution in [3.63, 3.8) is 0 Å². The third-order valence-corrected chi connectivity index (χ3v) is 4.87. The summed E-state index contributed by atoms with van der Waals surface area (Å²) in [5, 5.41) is 7.08. The van der Waals surface area contributed by atoms with Gasteiger partial charge < -0.3 is 25.7 Å². The summed E-state index contributed by atoms with van der Waals surface area (Å²) in [6, 6.07) is 9.91. The fraction of sp³-hybridized carbons (Fsp3) is 0.381. The molecule has 3 rings (SSSR count). The van der Waals surface area contributed by atoms with E-state index in [1.807, 2.05) is 44.2 Å². The normalized spacial score (nSPS) is 11.0. The van der Waals surface area contributed by atoms with E-state index in [9.17, 15) is 0 Å². The Hall–Kier alpha value is -2.71. The van der Waals surface area contributed by atoms with Crippen molar-refractivity contribution in [2.45, 2.75) is 39.8 Å². The average Bonchev–Trinajstić information content (AvgIpc) is 3.09. The van der Waals surface area contributed by atoms with Gasteiger partial charge in [0, 0.05) is 31.6 Å². The molecule has 8 heteroatoms. The van der Waals surface area contributed by atoms with Crippen molar-refractivity contribution in [2.75, 3.05) is 24.2 Å². The number of nitrogens with zero attached hydrogens (tertiary/aromatic N) is 3. The molecular weight excluding hydrogens is 384 g/mol. The van der Waals surface area contributed by atoms with E-state index in [4.69, 9.17) is 22.7 Å². The molecule has 29 heavy (non-hydrogen) atoms. The Morgan fingerprint density at radius 3 is 2.79 bits per heavy atom. The quantitative estimate of drug-likeness (QED) is 0.365. The average molecular weight is 413 g/mol. The first-order chi connectivity index (χ1) is 14.1. The second-order valence-corrected chi connectivity index (χ2v) is 7.20. The number of anilines is 2. The summed E-state index contributed by atoms with van der Waals surface area (Å²) in [4.78, 5) is 8.92. The molecule has 2 heterocycles. The smallest absolute Gasteiger partial charge is 0.170 e. The number of hydrogen-bond acceptors (Lipinski definition) is 5. The van der Waals surface area contributed by atoms with Crippen LogP contribution in [0.3, 0.4) is 0 Å². The van der Waals surface area contributed by atoms with Crippen LogP contribution in [0.25, 0.3) is 11.0 Å². The summed E-state index contributed by atoms with van der Waals surface area (Å²) in [6.45, 7) is 6.76. The minimum atomic E-state index is 0.459. The number of nitrogens with one attached hydrogen (secondary N) is 2. The summed E-state index contributed by atoms with van der Waals surface area (Å²) >= 11 is 5.35. The van der Waals surface area contributed by atoms with Crippen LogP contribution in [-0.4, -0.2) is 32.8 Å². The standard InChI is InChI=1S/C21H28N6OS/c1-3-28-14-17-26-18-19(15(2)13-24-20(18)22)27(17)12-8-7-11-23-21(29)25-16-9-5-4-6-10-16/h4-6,9-10,13H,3,7-8,11-12,14H2,1-2H3,(H2,22,24)(H2,23,25,29). The Kier molecular flexibility index (Phi) is 7.37. The number of unbranched alkanes of at least 4 members (excludes halogenated alkanes) is 1. The maximum Gasteiger partial charge on any atom is 0.170 e. The first-order valence-electron chi connectivity index (χ1n) is 9.88. The van der Waals surface area contributed by atoms with Crippen molar-refractivity contribution < 1.29 is 4.74 Å². The summed E-state index contributed by atoms with van der Waals surface area (Å²) in [6.07, 6.45) is 3.76. The summed E-state index contributed by atoms with van der Waals surface area (Å²) in [7, 11) is 0. The third kappa shape index (κ3) is 5.42. The molecule has 0 aliphatic rings. The minimum absolute atomic E-state index is 0.459. The molecule has 0 fully saturated rings. The van der Waals surface area contributed by atoms with E-state index in [2.05, 4.69) is 25.2 Å². The predicted molar refractivity (Wildman–Crippen MR) is 122 cm³/mol. The number of fused-ring (bicyclic) bond motifs is 1. The molecule has 0 saturated carbocycles. The van der Waals surface area contributed by atoms with Gasteiger partial charge in [-0.3, -0.25) is 0 Å². The highest BCUT2D eigenvalue weighted by Crippen LogP contribution is 2.24. The van der Waals surface area contributed by atoms with E-state index in [1.165, 1.54) is 0 Å². The van der Waals surface area contributed by atoms with Gasteiger partial charge in [0.15, 0.2) is 10.9 Å². The highest BCUT2D eigenvalue weighted by Gasteiger charge is 2.15. The first kappa shape index (κ1) is 21.0. The molecule has 0 amide bonds. The van der Waals surface area contributed by atoms with E-state index < -0.39 is 0 Å². The lowest BCUT2D eigenvalue weighted by molar-refractivity contribution is 0.126. The molecule has 0 atom stereocenters. The van der Waals surface area contributed by atoms with E-state index in [0.717, 1.165) is 54.0 Å². The van der Waals surface area contributed by atoms with Gasteiger partial charge in [-0.1, -0.05) is 18.2 Å². The Balaban J connectivity index is 1.57. The molecule has 3 aromatic rings. The number of nitrogen functional groups attached to an aromatic ring is 1. The molecule has 4 N–H and O–H groups in total. The van der Waals surface area contributed by atoms with Crippen LogP contribution in [0.5, 0.6) is 0 Å². The van der Waals surface area contributed by atoms with Crippen molar-refractivity contribution >= 4 is 39.9 Å². The number of benzene rings is 1. The molecule has 0 bridgehead atoms. The number of imidazole rings is 1. The van der Waals surface area contributed by atoms with Gasteiger partial charge in [-0.2, -0.15) is 0 Å². The van der Waals surface area contributed by atoms with Gasteiger partial charge in [0.2, 0.25) is 0 Å². The van der Waals surface area contributed by atoms with Crippen molar-refractivity contribution in [1.29, 1.82) is 0 Å². The summed E-state index contributed by atoms with van der Waals surface area (Å²) in [5.41, 5.74) is 9.90. The van der Waals surface area contributed by atoms with Gasteiger partial charge in [0.05, 0.1) is 5.52 Å². The van der Waals surface area contributed by atoms with Crippen LogP contribution in [0.4, 0.5) is 11.5 Å². The van der Waals surface area contributed by atoms with Crippen LogP contribution in [0.1, 0.15) is 31.2 Å². The second-order valence-electron chi connectivity index (χ2n) is 6.79. The van der Waals surface area contributed by atoms with Crippen LogP contribution >= 0.6 is 12.2 Å². The molecule has 1 aromatic carbocycles. The Morgan fingerprint density at radius 2 is 2.03 bits per heavy atom. The van der Waals surface area contributed by atoms with Gasteiger partial charge in [0.1, 0.15) is 17.9 Å². The van der Waals surface area contributed by atoms with Gasteiger partial charge >= 0.3 is 0 Å². The van der Waals surface area contributed by atoms with Crippen molar-refractivity contribution in [2.24, 2.45) is 0 Å². The van der Waals surface area contributed by atoms with Crippen molar-refractivity contribution in [3.8, 4) is 0 Å². The zero-order chi connectivity index (χ0) is 20.6. The van der Waals surface area contributed by atoms with Crippen LogP contribution in [0.2, 0.25) is 0 Å². The molecule has 154 valence electrons. The second kappa shape index (κ2) is 10.2. The molecule has 0 aliphatic heterocycles. The van der Waals surface area contributed by atoms with Crippen LogP contribution in [-0.2, 0) is 17.9 Å². The zero-order valence-corrected chi connectivity index (χ0v) is 17.8. The highest BCUT2D eigenvalue weighted by molar-refractivity contribution is 7.80. The summed E-state index contributed by atoms with van der Waals surface area (Å²) < 4.78 is 7.81. The number of nitrogens with two attached hydrogens (primary N) is 1. The number of rotatable bonds is 9. The molecule has 2 aromatic heterocycles. The fourth-order valence-corrected chi connectivity index (χ4v) is 3.42. The van der Waals surface area contributed by atoms with Crippen molar-refractivity contribution in [1.82, 2.24) is 19.9 Å². The third-order valence-electron chi connectivity index (χ3n) is 4.62. The predicted octanol–water partition coefficient (Wildman–Crippen LogP) is 3.63. The number of ether oxygens (including phenoxy) is 1. The maximum atomic E-state index is 6.05. The topological polar surface area (TPSA) is 90.0 Å². The Labute approximate surface area is 176 Å². The molecular formula is C21H28N6OS. The van der Waals surface area contributed by atoms with Crippen LogP contribution in [0, 0.1) is 6.92 Å². The Morgan fingerprint density at radius 1 is 1.24 bits per heavy atom. The number of aromatic nitrogens is 3. The minimum Gasteiger partial charge on any atom is -0.382 e. The van der Waals surface area contributed by atoms with Crippen molar-refractivity contribution in [3.05, 3.63) is 47.9 Å². The monoisotopic (exact) mass is 412 g/mol. The molecule has 0 aliphatic carbocycles. The van der Waals surface area contributed by atoms with Crippen LogP contribution < -0.4 is 16.4 Å². The van der Waals surface area contributed by atoms with Gasteiger partial charge in [-0.25, -0.2) is 9.97 Å². The van der Waals surface area contributed by atoms with E-state index in [0.29, 0.717) is 24.1 Å². The van der Waals surface area contributed by atoms with E-state index in [-0.39, 0.29) is 0 Å². The van der Waals surface area contributed by atoms with Crippen LogP contribution in [0.15, 0.2) is 36.5 Å². The maximum absolute atomic E-state index is 6.05. The lowest BCUT2D eigenvalue weighted by atomic mass is 10.2. The lowest BCUT2D eigenvalue weighted by Gasteiger charge is -2.12. The van der Waals surface area contributed by atoms with Gasteiger partial charge in [-0.05, 0) is 56.6 Å². The van der Waals surface area contributed by atoms with E-state index in [1.54, 1.807) is 6.20 Å². The van der Waals surface area contributed by atoms with Gasteiger partial charge in [-0.15, -0.1) is 0 Å². The summed E-state index contributed by atoms with van der Waals surface area (Å²) in [5.74, 6) is 1.35. The number of thiocarbonyl (C=S) groups is 1. The molecule has 0 spiro atoms. The number of para-hydroxylation sites is 1. The SMILES string of the molecule is CCOCc1nc2c(N)ncc(C)c2n1CCCCNC(=S)Nc1ccccc1. The first-order valence-corrected chi connectivity index (χ1v) is 10.3. The number of pyridine rings is 1. The van der Waals surface area contributed by atoms with Gasteiger partial charge in [0.25, 0.3) is 0 Å². The zero-order valence-electron chi connectivity index (χ0n) is 16.9. The largest absolute Gasteiger partial charge is 0.382 e. The molecule has 7 nitrogen and oxygen atoms in total. The number of aryl methyl sites for hydroxylation is 2. The molecule has 0 saturated heterocycles. The molecule has 0 radical (unpaired) electrons.